The second-order valence-corrected chi connectivity index (χ2v) is 6.16. The van der Waals surface area contributed by atoms with Crippen molar-refractivity contribution in [3.63, 3.8) is 0 Å². The van der Waals surface area contributed by atoms with Crippen molar-refractivity contribution >= 4 is 0 Å². The molecule has 15 heavy (non-hydrogen) atoms. The Kier molecular flexibility index (Phi) is 2.52. The van der Waals surface area contributed by atoms with Crippen LogP contribution >= 0.6 is 0 Å². The Morgan fingerprint density at radius 1 is 1.40 bits per heavy atom. The van der Waals surface area contributed by atoms with Gasteiger partial charge < -0.3 is 5.32 Å². The maximum absolute atomic E-state index is 3.65. The van der Waals surface area contributed by atoms with Crippen LogP contribution in [0.1, 0.15) is 39.0 Å². The molecule has 2 saturated heterocycles. The fraction of sp³-hybridized carbons (Fsp3) is 1.00. The van der Waals surface area contributed by atoms with Gasteiger partial charge >= 0.3 is 0 Å². The topological polar surface area (TPSA) is 15.3 Å². The van der Waals surface area contributed by atoms with Crippen LogP contribution in [0.2, 0.25) is 0 Å². The highest BCUT2D eigenvalue weighted by molar-refractivity contribution is 5.02. The maximum atomic E-state index is 3.65. The van der Waals surface area contributed by atoms with Gasteiger partial charge in [-0.2, -0.15) is 0 Å². The van der Waals surface area contributed by atoms with Crippen LogP contribution in [-0.4, -0.2) is 36.6 Å². The summed E-state index contributed by atoms with van der Waals surface area (Å²) in [5.41, 5.74) is 0.556. The minimum Gasteiger partial charge on any atom is -0.315 e. The normalized spacial score (nSPS) is 42.6. The number of nitrogens with one attached hydrogen (secondary N) is 1. The highest BCUT2D eigenvalue weighted by Gasteiger charge is 2.44. The van der Waals surface area contributed by atoms with Crippen LogP contribution in [0, 0.1) is 11.8 Å². The molecule has 0 aromatic carbocycles. The van der Waals surface area contributed by atoms with E-state index in [1.807, 2.05) is 0 Å². The molecule has 2 nitrogen and oxygen atoms in total. The summed E-state index contributed by atoms with van der Waals surface area (Å²) in [7, 11) is 0. The second-order valence-electron chi connectivity index (χ2n) is 6.16. The van der Waals surface area contributed by atoms with Crippen molar-refractivity contribution < 1.29 is 0 Å². The fourth-order valence-electron chi connectivity index (χ4n) is 3.67. The molecule has 0 aromatic heterocycles. The van der Waals surface area contributed by atoms with E-state index >= 15 is 0 Å². The first-order valence-corrected chi connectivity index (χ1v) is 6.74. The largest absolute Gasteiger partial charge is 0.315 e. The average Bonchev–Trinajstić information content (AvgIpc) is 2.93. The zero-order valence-corrected chi connectivity index (χ0v) is 9.97. The van der Waals surface area contributed by atoms with E-state index in [1.54, 1.807) is 0 Å². The van der Waals surface area contributed by atoms with Gasteiger partial charge in [-0.05, 0) is 57.0 Å². The number of hydrogen-bond acceptors (Lipinski definition) is 2. The summed E-state index contributed by atoms with van der Waals surface area (Å²) in [5.74, 6) is 1.93. The third-order valence-corrected chi connectivity index (χ3v) is 4.59. The van der Waals surface area contributed by atoms with Crippen molar-refractivity contribution in [3.05, 3.63) is 0 Å². The Labute approximate surface area is 93.4 Å². The van der Waals surface area contributed by atoms with Crippen molar-refractivity contribution in [2.24, 2.45) is 11.8 Å². The first kappa shape index (κ1) is 10.1. The molecule has 86 valence electrons. The highest BCUT2D eigenvalue weighted by Crippen LogP contribution is 2.40. The minimum absolute atomic E-state index is 0.556. The number of rotatable bonds is 2. The van der Waals surface area contributed by atoms with E-state index in [1.165, 1.54) is 58.3 Å². The molecule has 2 unspecified atom stereocenters. The summed E-state index contributed by atoms with van der Waals surface area (Å²) in [6.45, 7) is 7.66. The van der Waals surface area contributed by atoms with Gasteiger partial charge in [-0.25, -0.2) is 0 Å². The number of piperidine rings is 1. The Morgan fingerprint density at radius 2 is 2.27 bits per heavy atom. The smallest absolute Gasteiger partial charge is 0.0337 e. The molecular weight excluding hydrogens is 184 g/mol. The van der Waals surface area contributed by atoms with E-state index in [0.29, 0.717) is 5.54 Å². The lowest BCUT2D eigenvalue weighted by atomic mass is 9.82. The quantitative estimate of drug-likeness (QED) is 0.745. The molecule has 1 N–H and O–H groups in total. The van der Waals surface area contributed by atoms with Crippen LogP contribution in [0.15, 0.2) is 0 Å². The molecule has 1 spiro atoms. The number of nitrogens with zero attached hydrogens (tertiary/aromatic N) is 1. The molecule has 2 aliphatic heterocycles. The van der Waals surface area contributed by atoms with Crippen molar-refractivity contribution in [3.8, 4) is 0 Å². The number of hydrogen-bond donors (Lipinski definition) is 1. The summed E-state index contributed by atoms with van der Waals surface area (Å²) >= 11 is 0. The van der Waals surface area contributed by atoms with Gasteiger partial charge in [0.15, 0.2) is 0 Å². The Bertz CT molecular complexity index is 237. The molecule has 3 aliphatic rings. The average molecular weight is 208 g/mol. The van der Waals surface area contributed by atoms with Gasteiger partial charge in [-0.1, -0.05) is 6.92 Å². The molecule has 3 rings (SSSR count). The first-order valence-electron chi connectivity index (χ1n) is 6.74. The standard InChI is InChI=1S/C13H24N2/c1-11-7-13(10-14-8-11)5-2-6-15(13)9-12-3-4-12/h11-12,14H,2-10H2,1H3. The van der Waals surface area contributed by atoms with Gasteiger partial charge in [0.05, 0.1) is 0 Å². The summed E-state index contributed by atoms with van der Waals surface area (Å²) in [4.78, 5) is 2.83. The lowest BCUT2D eigenvalue weighted by Crippen LogP contribution is -2.56. The SMILES string of the molecule is CC1CNCC2(CCCN2CC2CC2)C1. The Balaban J connectivity index is 1.69. The maximum Gasteiger partial charge on any atom is 0.0337 e. The predicted molar refractivity (Wildman–Crippen MR) is 62.9 cm³/mol. The van der Waals surface area contributed by atoms with E-state index in [2.05, 4.69) is 17.1 Å². The van der Waals surface area contributed by atoms with Crippen LogP contribution < -0.4 is 5.32 Å². The van der Waals surface area contributed by atoms with Crippen LogP contribution in [0.25, 0.3) is 0 Å². The monoisotopic (exact) mass is 208 g/mol. The molecule has 0 aromatic rings. The van der Waals surface area contributed by atoms with Crippen LogP contribution in [0.5, 0.6) is 0 Å². The molecule has 0 radical (unpaired) electrons. The van der Waals surface area contributed by atoms with Crippen molar-refractivity contribution in [2.45, 2.75) is 44.6 Å². The Morgan fingerprint density at radius 3 is 3.00 bits per heavy atom. The van der Waals surface area contributed by atoms with Crippen LogP contribution in [0.3, 0.4) is 0 Å². The van der Waals surface area contributed by atoms with Gasteiger partial charge in [0.1, 0.15) is 0 Å². The predicted octanol–water partition coefficient (Wildman–Crippen LogP) is 1.86. The van der Waals surface area contributed by atoms with Crippen LogP contribution in [-0.2, 0) is 0 Å². The molecule has 2 atom stereocenters. The Hall–Kier alpha value is -0.0800. The van der Waals surface area contributed by atoms with Gasteiger partial charge in [-0.15, -0.1) is 0 Å². The molecule has 0 amide bonds. The van der Waals surface area contributed by atoms with E-state index in [0.717, 1.165) is 11.8 Å². The molecule has 2 heteroatoms. The lowest BCUT2D eigenvalue weighted by molar-refractivity contribution is 0.0800. The van der Waals surface area contributed by atoms with Gasteiger partial charge in [0.25, 0.3) is 0 Å². The fourth-order valence-corrected chi connectivity index (χ4v) is 3.67. The molecule has 1 aliphatic carbocycles. The van der Waals surface area contributed by atoms with E-state index < -0.39 is 0 Å². The molecule has 3 fully saturated rings. The molecular formula is C13H24N2. The van der Waals surface area contributed by atoms with Crippen molar-refractivity contribution in [2.75, 3.05) is 26.2 Å². The minimum atomic E-state index is 0.556. The number of likely N-dealkylation sites (tertiary alicyclic amines) is 1. The second kappa shape index (κ2) is 3.74. The van der Waals surface area contributed by atoms with Gasteiger partial charge in [0.2, 0.25) is 0 Å². The van der Waals surface area contributed by atoms with Gasteiger partial charge in [0, 0.05) is 18.6 Å². The summed E-state index contributed by atoms with van der Waals surface area (Å²) in [5, 5.41) is 3.65. The van der Waals surface area contributed by atoms with Crippen molar-refractivity contribution in [1.82, 2.24) is 10.2 Å². The first-order chi connectivity index (χ1) is 7.28. The van der Waals surface area contributed by atoms with Crippen LogP contribution in [0.4, 0.5) is 0 Å². The van der Waals surface area contributed by atoms with E-state index in [4.69, 9.17) is 0 Å². The summed E-state index contributed by atoms with van der Waals surface area (Å²) in [6.07, 6.45) is 7.30. The molecule has 0 bridgehead atoms. The third kappa shape index (κ3) is 1.94. The zero-order chi connectivity index (χ0) is 10.3. The summed E-state index contributed by atoms with van der Waals surface area (Å²) < 4.78 is 0. The lowest BCUT2D eigenvalue weighted by Gasteiger charge is -2.44. The third-order valence-electron chi connectivity index (χ3n) is 4.59. The molecule has 2 heterocycles. The van der Waals surface area contributed by atoms with E-state index in [9.17, 15) is 0 Å². The highest BCUT2D eigenvalue weighted by atomic mass is 15.2. The summed E-state index contributed by atoms with van der Waals surface area (Å²) in [6, 6.07) is 0. The van der Waals surface area contributed by atoms with Gasteiger partial charge in [-0.3, -0.25) is 4.90 Å². The molecule has 1 saturated carbocycles. The van der Waals surface area contributed by atoms with Crippen molar-refractivity contribution in [1.29, 1.82) is 0 Å². The zero-order valence-electron chi connectivity index (χ0n) is 9.97. The van der Waals surface area contributed by atoms with E-state index in [-0.39, 0.29) is 0 Å².